The van der Waals surface area contributed by atoms with Gasteiger partial charge in [-0.05, 0) is 18.2 Å². The van der Waals surface area contributed by atoms with Gasteiger partial charge in [-0.15, -0.1) is 0 Å². The Kier molecular flexibility index (Phi) is 2.97. The number of halogens is 2. The molecule has 0 aliphatic heterocycles. The maximum Gasteiger partial charge on any atom is 0.219 e. The minimum atomic E-state index is -0.352. The molecule has 0 aliphatic rings. The van der Waals surface area contributed by atoms with E-state index < -0.39 is 0 Å². The summed E-state index contributed by atoms with van der Waals surface area (Å²) < 4.78 is 19.0. The van der Waals surface area contributed by atoms with Crippen LogP contribution in [0.15, 0.2) is 47.1 Å². The Morgan fingerprint density at radius 2 is 2.07 bits per heavy atom. The van der Waals surface area contributed by atoms with Gasteiger partial charge in [-0.2, -0.15) is 0 Å². The topological polar surface area (TPSA) is 22.1 Å². The van der Waals surface area contributed by atoms with Crippen LogP contribution in [-0.4, -0.2) is 4.98 Å². The van der Waals surface area contributed by atoms with E-state index in [2.05, 4.69) is 20.9 Å². The monoisotopic (exact) mass is 267 g/mol. The SMILES string of the molecule is Fc1cc(Br)cc(Oc2ccccn2)c1. The molecule has 0 bridgehead atoms. The zero-order valence-corrected chi connectivity index (χ0v) is 9.24. The second-order valence-corrected chi connectivity index (χ2v) is 3.79. The Morgan fingerprint density at radius 3 is 2.73 bits per heavy atom. The van der Waals surface area contributed by atoms with Gasteiger partial charge in [0.1, 0.15) is 11.6 Å². The summed E-state index contributed by atoms with van der Waals surface area (Å²) in [5.74, 6) is 0.505. The van der Waals surface area contributed by atoms with Crippen LogP contribution in [0.2, 0.25) is 0 Å². The summed E-state index contributed by atoms with van der Waals surface area (Å²) in [5, 5.41) is 0. The molecule has 0 saturated heterocycles. The molecule has 4 heteroatoms. The van der Waals surface area contributed by atoms with Gasteiger partial charge in [-0.25, -0.2) is 9.37 Å². The Labute approximate surface area is 94.9 Å². The van der Waals surface area contributed by atoms with Crippen molar-refractivity contribution in [3.05, 3.63) is 52.9 Å². The zero-order valence-electron chi connectivity index (χ0n) is 7.65. The quantitative estimate of drug-likeness (QED) is 0.826. The van der Waals surface area contributed by atoms with Gasteiger partial charge in [0.15, 0.2) is 0 Å². The number of nitrogens with zero attached hydrogens (tertiary/aromatic N) is 1. The van der Waals surface area contributed by atoms with E-state index in [1.807, 2.05) is 0 Å². The average molecular weight is 268 g/mol. The number of hydrogen-bond acceptors (Lipinski definition) is 2. The van der Waals surface area contributed by atoms with E-state index in [0.717, 1.165) is 0 Å². The molecule has 0 aliphatic carbocycles. The number of pyridine rings is 1. The fourth-order valence-corrected chi connectivity index (χ4v) is 1.56. The highest BCUT2D eigenvalue weighted by Crippen LogP contribution is 2.24. The first-order valence-electron chi connectivity index (χ1n) is 4.29. The highest BCUT2D eigenvalue weighted by Gasteiger charge is 2.01. The summed E-state index contributed by atoms with van der Waals surface area (Å²) in [6.07, 6.45) is 1.61. The molecule has 0 atom stereocenters. The molecule has 0 unspecified atom stereocenters. The highest BCUT2D eigenvalue weighted by molar-refractivity contribution is 9.10. The van der Waals surface area contributed by atoms with Gasteiger partial charge in [-0.3, -0.25) is 0 Å². The summed E-state index contributed by atoms with van der Waals surface area (Å²) in [6.45, 7) is 0. The first kappa shape index (κ1) is 10.1. The van der Waals surface area contributed by atoms with Crippen LogP contribution in [0, 0.1) is 5.82 Å². The lowest BCUT2D eigenvalue weighted by Gasteiger charge is -2.04. The third-order valence-electron chi connectivity index (χ3n) is 1.70. The van der Waals surface area contributed by atoms with Crippen molar-refractivity contribution in [2.45, 2.75) is 0 Å². The normalized spacial score (nSPS) is 10.0. The molecular formula is C11H7BrFNO. The van der Waals surface area contributed by atoms with E-state index >= 15 is 0 Å². The molecule has 2 rings (SSSR count). The maximum absolute atomic E-state index is 13.0. The van der Waals surface area contributed by atoms with Crippen LogP contribution in [0.4, 0.5) is 4.39 Å². The lowest BCUT2D eigenvalue weighted by molar-refractivity contribution is 0.457. The summed E-state index contributed by atoms with van der Waals surface area (Å²) in [6, 6.07) is 9.65. The van der Waals surface area contributed by atoms with Crippen molar-refractivity contribution in [1.29, 1.82) is 0 Å². The first-order chi connectivity index (χ1) is 7.24. The lowest BCUT2D eigenvalue weighted by Crippen LogP contribution is -1.87. The largest absolute Gasteiger partial charge is 0.439 e. The van der Waals surface area contributed by atoms with Crippen molar-refractivity contribution >= 4 is 15.9 Å². The molecule has 0 radical (unpaired) electrons. The van der Waals surface area contributed by atoms with E-state index in [4.69, 9.17) is 4.74 Å². The zero-order chi connectivity index (χ0) is 10.7. The molecule has 0 saturated carbocycles. The van der Waals surface area contributed by atoms with Gasteiger partial charge in [0.2, 0.25) is 5.88 Å². The number of hydrogen-bond donors (Lipinski definition) is 0. The molecule has 2 aromatic rings. The van der Waals surface area contributed by atoms with Crippen LogP contribution in [0.1, 0.15) is 0 Å². The standard InChI is InChI=1S/C11H7BrFNO/c12-8-5-9(13)7-10(6-8)15-11-3-1-2-4-14-11/h1-7H. The molecule has 0 fully saturated rings. The summed E-state index contributed by atoms with van der Waals surface area (Å²) in [7, 11) is 0. The molecule has 0 amide bonds. The van der Waals surface area contributed by atoms with Crippen LogP contribution >= 0.6 is 15.9 Å². The fourth-order valence-electron chi connectivity index (χ4n) is 1.12. The molecule has 76 valence electrons. The van der Waals surface area contributed by atoms with Gasteiger partial charge in [0.25, 0.3) is 0 Å². The summed E-state index contributed by atoms with van der Waals surface area (Å²) in [5.41, 5.74) is 0. The van der Waals surface area contributed by atoms with Crippen LogP contribution in [-0.2, 0) is 0 Å². The number of aromatic nitrogens is 1. The fraction of sp³-hybridized carbons (Fsp3) is 0. The highest BCUT2D eigenvalue weighted by atomic mass is 79.9. The van der Waals surface area contributed by atoms with Crippen molar-refractivity contribution in [1.82, 2.24) is 4.98 Å². The summed E-state index contributed by atoms with van der Waals surface area (Å²) in [4.78, 5) is 3.97. The third kappa shape index (κ3) is 2.76. The van der Waals surface area contributed by atoms with Gasteiger partial charge < -0.3 is 4.74 Å². The minimum Gasteiger partial charge on any atom is -0.439 e. The molecule has 0 N–H and O–H groups in total. The van der Waals surface area contributed by atoms with E-state index in [1.165, 1.54) is 12.1 Å². The van der Waals surface area contributed by atoms with Crippen LogP contribution < -0.4 is 4.74 Å². The Bertz CT molecular complexity index is 441. The molecule has 0 spiro atoms. The third-order valence-corrected chi connectivity index (χ3v) is 2.15. The van der Waals surface area contributed by atoms with Crippen molar-refractivity contribution in [3.8, 4) is 11.6 Å². The second kappa shape index (κ2) is 4.40. The van der Waals surface area contributed by atoms with Crippen LogP contribution in [0.25, 0.3) is 0 Å². The Hall–Kier alpha value is -1.42. The van der Waals surface area contributed by atoms with E-state index in [1.54, 1.807) is 30.5 Å². The minimum absolute atomic E-state index is 0.352. The van der Waals surface area contributed by atoms with Gasteiger partial charge in [-0.1, -0.05) is 22.0 Å². The van der Waals surface area contributed by atoms with Gasteiger partial charge in [0, 0.05) is 22.8 Å². The van der Waals surface area contributed by atoms with E-state index in [9.17, 15) is 4.39 Å². The van der Waals surface area contributed by atoms with Gasteiger partial charge >= 0.3 is 0 Å². The van der Waals surface area contributed by atoms with Crippen molar-refractivity contribution < 1.29 is 9.13 Å². The molecule has 15 heavy (non-hydrogen) atoms. The molecule has 1 aromatic carbocycles. The molecular weight excluding hydrogens is 261 g/mol. The second-order valence-electron chi connectivity index (χ2n) is 2.88. The van der Waals surface area contributed by atoms with Gasteiger partial charge in [0.05, 0.1) is 0 Å². The number of rotatable bonds is 2. The van der Waals surface area contributed by atoms with Crippen molar-refractivity contribution in [2.75, 3.05) is 0 Å². The number of benzene rings is 1. The van der Waals surface area contributed by atoms with Crippen LogP contribution in [0.5, 0.6) is 11.6 Å². The lowest BCUT2D eigenvalue weighted by atomic mass is 10.3. The van der Waals surface area contributed by atoms with Crippen LogP contribution in [0.3, 0.4) is 0 Å². The van der Waals surface area contributed by atoms with E-state index in [0.29, 0.717) is 16.1 Å². The Morgan fingerprint density at radius 1 is 1.20 bits per heavy atom. The maximum atomic E-state index is 13.0. The first-order valence-corrected chi connectivity index (χ1v) is 5.08. The smallest absolute Gasteiger partial charge is 0.219 e. The summed E-state index contributed by atoms with van der Waals surface area (Å²) >= 11 is 3.19. The number of ether oxygens (including phenoxy) is 1. The molecule has 2 nitrogen and oxygen atoms in total. The average Bonchev–Trinajstić information content (AvgIpc) is 2.17. The van der Waals surface area contributed by atoms with Crippen molar-refractivity contribution in [2.24, 2.45) is 0 Å². The van der Waals surface area contributed by atoms with E-state index in [-0.39, 0.29) is 5.82 Å². The Balaban J connectivity index is 2.25. The molecule has 1 heterocycles. The molecule has 1 aromatic heterocycles. The predicted molar refractivity (Wildman–Crippen MR) is 58.4 cm³/mol. The predicted octanol–water partition coefficient (Wildman–Crippen LogP) is 3.78. The van der Waals surface area contributed by atoms with Crippen molar-refractivity contribution in [3.63, 3.8) is 0 Å².